The molecular formula is C13H17BrN2O2. The van der Waals surface area contributed by atoms with Crippen molar-refractivity contribution < 1.29 is 9.90 Å². The van der Waals surface area contributed by atoms with E-state index in [1.165, 1.54) is 0 Å². The highest BCUT2D eigenvalue weighted by atomic mass is 79.9. The smallest absolute Gasteiger partial charge is 0.270 e. The summed E-state index contributed by atoms with van der Waals surface area (Å²) in [6.45, 7) is 1.50. The average Bonchev–Trinajstić information content (AvgIpc) is 2.96. The highest BCUT2D eigenvalue weighted by Crippen LogP contribution is 2.38. The first-order chi connectivity index (χ1) is 8.56. The Hall–Kier alpha value is -0.810. The summed E-state index contributed by atoms with van der Waals surface area (Å²) in [4.78, 5) is 14.3. The van der Waals surface area contributed by atoms with E-state index in [1.54, 1.807) is 0 Å². The van der Waals surface area contributed by atoms with Crippen LogP contribution in [0.5, 0.6) is 0 Å². The largest absolute Gasteiger partial charge is 0.393 e. The van der Waals surface area contributed by atoms with Gasteiger partial charge in [-0.2, -0.15) is 0 Å². The highest BCUT2D eigenvalue weighted by molar-refractivity contribution is 9.10. The summed E-state index contributed by atoms with van der Waals surface area (Å²) in [6, 6.07) is 1.85. The van der Waals surface area contributed by atoms with Crippen LogP contribution >= 0.6 is 15.9 Å². The Morgan fingerprint density at radius 2 is 2.22 bits per heavy atom. The first kappa shape index (κ1) is 12.2. The molecule has 1 aromatic rings. The van der Waals surface area contributed by atoms with Crippen LogP contribution in [-0.4, -0.2) is 39.7 Å². The van der Waals surface area contributed by atoms with Crippen LogP contribution in [0.1, 0.15) is 23.3 Å². The molecular weight excluding hydrogens is 296 g/mol. The highest BCUT2D eigenvalue weighted by Gasteiger charge is 2.43. The van der Waals surface area contributed by atoms with Crippen LogP contribution in [0, 0.1) is 11.8 Å². The maximum Gasteiger partial charge on any atom is 0.270 e. The van der Waals surface area contributed by atoms with Gasteiger partial charge in [0.1, 0.15) is 5.69 Å². The zero-order valence-electron chi connectivity index (χ0n) is 10.3. The molecule has 5 heteroatoms. The van der Waals surface area contributed by atoms with Crippen molar-refractivity contribution in [2.75, 3.05) is 13.1 Å². The minimum Gasteiger partial charge on any atom is -0.393 e. The van der Waals surface area contributed by atoms with Crippen LogP contribution in [0.4, 0.5) is 0 Å². The van der Waals surface area contributed by atoms with Crippen molar-refractivity contribution in [3.05, 3.63) is 22.4 Å². The van der Waals surface area contributed by atoms with Gasteiger partial charge in [0.25, 0.3) is 5.91 Å². The van der Waals surface area contributed by atoms with Gasteiger partial charge in [-0.1, -0.05) is 0 Å². The van der Waals surface area contributed by atoms with Crippen molar-refractivity contribution in [2.24, 2.45) is 18.9 Å². The molecule has 4 nitrogen and oxygen atoms in total. The lowest BCUT2D eigenvalue weighted by Gasteiger charge is -2.18. The molecule has 0 aromatic carbocycles. The summed E-state index contributed by atoms with van der Waals surface area (Å²) in [6.07, 6.45) is 3.62. The number of aryl methyl sites for hydroxylation is 1. The van der Waals surface area contributed by atoms with E-state index in [0.29, 0.717) is 18.2 Å². The van der Waals surface area contributed by atoms with Gasteiger partial charge in [0.15, 0.2) is 0 Å². The number of hydrogen-bond acceptors (Lipinski definition) is 2. The van der Waals surface area contributed by atoms with Gasteiger partial charge in [-0.05, 0) is 40.8 Å². The van der Waals surface area contributed by atoms with E-state index in [1.807, 2.05) is 28.8 Å². The number of fused-ring (bicyclic) bond motifs is 1. The quantitative estimate of drug-likeness (QED) is 0.856. The lowest BCUT2D eigenvalue weighted by molar-refractivity contribution is 0.0743. The van der Waals surface area contributed by atoms with Gasteiger partial charge in [-0.25, -0.2) is 0 Å². The SMILES string of the molecule is Cn1cc(Br)cc1C(=O)N1CC2CCC(O)C2C1. The number of amides is 1. The number of aliphatic hydroxyl groups excluding tert-OH is 1. The van der Waals surface area contributed by atoms with Crippen LogP contribution in [-0.2, 0) is 7.05 Å². The van der Waals surface area contributed by atoms with E-state index in [9.17, 15) is 9.90 Å². The van der Waals surface area contributed by atoms with Crippen LogP contribution < -0.4 is 0 Å². The van der Waals surface area contributed by atoms with Gasteiger partial charge in [0.05, 0.1) is 6.10 Å². The Balaban J connectivity index is 1.77. The van der Waals surface area contributed by atoms with Crippen molar-refractivity contribution in [3.63, 3.8) is 0 Å². The van der Waals surface area contributed by atoms with Gasteiger partial charge in [0.2, 0.25) is 0 Å². The number of carbonyl (C=O) groups is 1. The third-order valence-corrected chi connectivity index (χ3v) is 4.73. The first-order valence-corrected chi connectivity index (χ1v) is 7.15. The summed E-state index contributed by atoms with van der Waals surface area (Å²) in [5, 5.41) is 9.88. The van der Waals surface area contributed by atoms with Gasteiger partial charge < -0.3 is 14.6 Å². The van der Waals surface area contributed by atoms with Gasteiger partial charge >= 0.3 is 0 Å². The molecule has 1 saturated heterocycles. The number of carbonyl (C=O) groups excluding carboxylic acids is 1. The molecule has 1 aliphatic carbocycles. The third kappa shape index (κ3) is 1.89. The van der Waals surface area contributed by atoms with Crippen LogP contribution in [0.25, 0.3) is 0 Å². The molecule has 1 amide bonds. The number of halogens is 1. The van der Waals surface area contributed by atoms with Gasteiger partial charge in [-0.3, -0.25) is 4.79 Å². The topological polar surface area (TPSA) is 45.5 Å². The number of likely N-dealkylation sites (tertiary alicyclic amines) is 1. The molecule has 2 aliphatic rings. The van der Waals surface area contributed by atoms with Crippen LogP contribution in [0.15, 0.2) is 16.7 Å². The minimum absolute atomic E-state index is 0.0739. The molecule has 1 saturated carbocycles. The van der Waals surface area contributed by atoms with Crippen molar-refractivity contribution in [2.45, 2.75) is 18.9 Å². The predicted molar refractivity (Wildman–Crippen MR) is 71.2 cm³/mol. The number of nitrogens with zero attached hydrogens (tertiary/aromatic N) is 2. The second-order valence-electron chi connectivity index (χ2n) is 5.43. The Bertz CT molecular complexity index is 485. The zero-order valence-corrected chi connectivity index (χ0v) is 11.9. The molecule has 3 atom stereocenters. The summed E-state index contributed by atoms with van der Waals surface area (Å²) >= 11 is 3.39. The van der Waals surface area contributed by atoms with Crippen molar-refractivity contribution in [3.8, 4) is 0 Å². The van der Waals surface area contributed by atoms with E-state index < -0.39 is 0 Å². The molecule has 0 bridgehead atoms. The third-order valence-electron chi connectivity index (χ3n) is 4.30. The molecule has 1 N–H and O–H groups in total. The molecule has 18 heavy (non-hydrogen) atoms. The Kier molecular flexibility index (Phi) is 2.98. The van der Waals surface area contributed by atoms with Crippen LogP contribution in [0.3, 0.4) is 0 Å². The second-order valence-corrected chi connectivity index (χ2v) is 6.35. The average molecular weight is 313 g/mol. The summed E-state index contributed by atoms with van der Waals surface area (Å²) in [5.74, 6) is 0.857. The second kappa shape index (κ2) is 4.38. The van der Waals surface area contributed by atoms with Crippen molar-refractivity contribution >= 4 is 21.8 Å². The molecule has 0 radical (unpaired) electrons. The van der Waals surface area contributed by atoms with E-state index in [4.69, 9.17) is 0 Å². The molecule has 3 unspecified atom stereocenters. The monoisotopic (exact) mass is 312 g/mol. The van der Waals surface area contributed by atoms with E-state index in [-0.39, 0.29) is 17.9 Å². The lowest BCUT2D eigenvalue weighted by atomic mass is 10.00. The number of rotatable bonds is 1. The summed E-state index contributed by atoms with van der Waals surface area (Å²) in [7, 11) is 1.88. The predicted octanol–water partition coefficient (Wildman–Crippen LogP) is 1.63. The summed E-state index contributed by atoms with van der Waals surface area (Å²) < 4.78 is 2.77. The molecule has 1 aromatic heterocycles. The normalized spacial score (nSPS) is 30.8. The lowest BCUT2D eigenvalue weighted by Crippen LogP contribution is -2.32. The maximum absolute atomic E-state index is 12.4. The van der Waals surface area contributed by atoms with Crippen LogP contribution in [0.2, 0.25) is 0 Å². The molecule has 0 spiro atoms. The first-order valence-electron chi connectivity index (χ1n) is 6.35. The van der Waals surface area contributed by atoms with Gasteiger partial charge in [0, 0.05) is 36.7 Å². The molecule has 2 fully saturated rings. The van der Waals surface area contributed by atoms with Crippen molar-refractivity contribution in [1.29, 1.82) is 0 Å². The Morgan fingerprint density at radius 3 is 2.83 bits per heavy atom. The minimum atomic E-state index is -0.215. The fraction of sp³-hybridized carbons (Fsp3) is 0.615. The Morgan fingerprint density at radius 1 is 1.44 bits per heavy atom. The van der Waals surface area contributed by atoms with E-state index in [0.717, 1.165) is 23.9 Å². The fourth-order valence-electron chi connectivity index (χ4n) is 3.30. The Labute approximate surface area is 115 Å². The molecule has 3 rings (SSSR count). The number of hydrogen-bond donors (Lipinski definition) is 1. The summed E-state index contributed by atoms with van der Waals surface area (Å²) in [5.41, 5.74) is 0.705. The van der Waals surface area contributed by atoms with E-state index in [2.05, 4.69) is 15.9 Å². The number of aliphatic hydroxyl groups is 1. The molecule has 2 heterocycles. The molecule has 1 aliphatic heterocycles. The fourth-order valence-corrected chi connectivity index (χ4v) is 3.83. The van der Waals surface area contributed by atoms with E-state index >= 15 is 0 Å². The molecule has 98 valence electrons. The number of aromatic nitrogens is 1. The van der Waals surface area contributed by atoms with Gasteiger partial charge in [-0.15, -0.1) is 0 Å². The maximum atomic E-state index is 12.4. The van der Waals surface area contributed by atoms with Crippen molar-refractivity contribution in [1.82, 2.24) is 9.47 Å². The standard InChI is InChI=1S/C13H17BrN2O2/c1-15-6-9(14)4-11(15)13(18)16-5-8-2-3-12(17)10(8)7-16/h4,6,8,10,12,17H,2-3,5,7H2,1H3. The zero-order chi connectivity index (χ0) is 12.9.